The third kappa shape index (κ3) is 38.6. The van der Waals surface area contributed by atoms with E-state index in [1.54, 1.807) is 0 Å². The van der Waals surface area contributed by atoms with E-state index in [1.807, 2.05) is 12.2 Å². The van der Waals surface area contributed by atoms with E-state index in [1.165, 1.54) is 12.8 Å². The highest BCUT2D eigenvalue weighted by Crippen LogP contribution is 2.43. The second kappa shape index (κ2) is 39.6. The number of hydrogen-bond acceptors (Lipinski definition) is 8. The smallest absolute Gasteiger partial charge is 0.462 e. The largest absolute Gasteiger partial charge is 0.472 e. The van der Waals surface area contributed by atoms with E-state index < -0.39 is 32.5 Å². The molecule has 0 amide bonds. The van der Waals surface area contributed by atoms with Crippen molar-refractivity contribution < 1.29 is 37.6 Å². The molecule has 306 valence electrons. The average Bonchev–Trinajstić information content (AvgIpc) is 3.16. The number of rotatable bonds is 36. The lowest BCUT2D eigenvalue weighted by Gasteiger charge is -2.19. The van der Waals surface area contributed by atoms with Gasteiger partial charge in [-0.15, -0.1) is 0 Å². The van der Waals surface area contributed by atoms with Crippen LogP contribution in [-0.2, 0) is 32.7 Å². The Hall–Kier alpha value is -3.07. The Bertz CT molecular complexity index is 1200. The van der Waals surface area contributed by atoms with Gasteiger partial charge in [-0.3, -0.25) is 18.6 Å². The highest BCUT2D eigenvalue weighted by Gasteiger charge is 2.25. The van der Waals surface area contributed by atoms with Gasteiger partial charge in [-0.1, -0.05) is 143 Å². The first-order chi connectivity index (χ1) is 26.3. The van der Waals surface area contributed by atoms with E-state index in [4.69, 9.17) is 24.3 Å². The van der Waals surface area contributed by atoms with Crippen LogP contribution in [0.3, 0.4) is 0 Å². The van der Waals surface area contributed by atoms with E-state index in [2.05, 4.69) is 98.9 Å². The van der Waals surface area contributed by atoms with Gasteiger partial charge in [0.25, 0.3) is 0 Å². The minimum atomic E-state index is -4.40. The molecule has 3 N–H and O–H groups in total. The van der Waals surface area contributed by atoms with Gasteiger partial charge in [0, 0.05) is 19.4 Å². The molecule has 0 saturated heterocycles. The Labute approximate surface area is 327 Å². The Balaban J connectivity index is 4.36. The molecule has 0 aromatic carbocycles. The molecular weight excluding hydrogens is 701 g/mol. The van der Waals surface area contributed by atoms with E-state index in [9.17, 15) is 19.0 Å². The molecule has 54 heavy (non-hydrogen) atoms. The first kappa shape index (κ1) is 50.9. The standard InChI is InChI=1S/C44H72NO8P/c1-3-5-7-9-11-13-15-17-19-20-21-22-23-25-26-28-30-32-34-36-43(46)50-40-42(41-52-54(48,49)51-39-38-45)53-44(47)37-35-33-31-29-27-24-18-16-14-12-10-8-6-4-2/h5,7,10-13,16-19,21-22,25-26,30,32,42H,3-4,6,8-9,14-15,20,23-24,27-29,31,33-41,45H2,1-2H3,(H,48,49)/b7-5-,12-10-,13-11-,18-16-,19-17-,22-21-,26-25-,32-30-/t42-/m1/s1. The predicted octanol–water partition coefficient (Wildman–Crippen LogP) is 11.4. The number of phosphoric ester groups is 1. The zero-order valence-electron chi connectivity index (χ0n) is 33.4. The lowest BCUT2D eigenvalue weighted by atomic mass is 10.1. The molecule has 0 heterocycles. The van der Waals surface area contributed by atoms with Crippen molar-refractivity contribution in [3.05, 3.63) is 97.2 Å². The van der Waals surface area contributed by atoms with Gasteiger partial charge in [0.05, 0.1) is 13.2 Å². The lowest BCUT2D eigenvalue weighted by molar-refractivity contribution is -0.161. The molecule has 0 saturated carbocycles. The van der Waals surface area contributed by atoms with Gasteiger partial charge in [-0.25, -0.2) is 4.57 Å². The third-order valence-corrected chi connectivity index (χ3v) is 8.70. The van der Waals surface area contributed by atoms with Crippen LogP contribution in [0.2, 0.25) is 0 Å². The molecule has 0 fully saturated rings. The van der Waals surface area contributed by atoms with E-state index in [0.29, 0.717) is 12.8 Å². The quantitative estimate of drug-likeness (QED) is 0.0276. The molecule has 0 spiro atoms. The van der Waals surface area contributed by atoms with Crippen LogP contribution in [0.5, 0.6) is 0 Å². The van der Waals surface area contributed by atoms with Crippen molar-refractivity contribution in [2.45, 2.75) is 142 Å². The van der Waals surface area contributed by atoms with Gasteiger partial charge in [0.2, 0.25) is 0 Å². The van der Waals surface area contributed by atoms with Crippen LogP contribution in [0, 0.1) is 0 Å². The van der Waals surface area contributed by atoms with Gasteiger partial charge >= 0.3 is 19.8 Å². The van der Waals surface area contributed by atoms with Crippen LogP contribution in [0.25, 0.3) is 0 Å². The number of unbranched alkanes of at least 4 members (excludes halogenated alkanes) is 7. The predicted molar refractivity (Wildman–Crippen MR) is 224 cm³/mol. The Morgan fingerprint density at radius 2 is 1.06 bits per heavy atom. The zero-order chi connectivity index (χ0) is 39.6. The second-order valence-electron chi connectivity index (χ2n) is 12.8. The summed E-state index contributed by atoms with van der Waals surface area (Å²) in [6.07, 6.45) is 50.2. The van der Waals surface area contributed by atoms with Gasteiger partial charge in [-0.05, 0) is 77.0 Å². The lowest BCUT2D eigenvalue weighted by Crippen LogP contribution is -2.29. The molecule has 0 rings (SSSR count). The zero-order valence-corrected chi connectivity index (χ0v) is 34.3. The maximum Gasteiger partial charge on any atom is 0.472 e. The van der Waals surface area contributed by atoms with Gasteiger partial charge in [0.1, 0.15) is 6.61 Å². The summed E-state index contributed by atoms with van der Waals surface area (Å²) in [5, 5.41) is 0. The van der Waals surface area contributed by atoms with Crippen molar-refractivity contribution >= 4 is 19.8 Å². The number of phosphoric acid groups is 1. The average molecular weight is 774 g/mol. The van der Waals surface area contributed by atoms with Crippen molar-refractivity contribution in [1.82, 2.24) is 0 Å². The summed E-state index contributed by atoms with van der Waals surface area (Å²) in [7, 11) is -4.40. The Morgan fingerprint density at radius 1 is 0.574 bits per heavy atom. The van der Waals surface area contributed by atoms with Gasteiger partial charge in [0.15, 0.2) is 6.10 Å². The molecule has 0 aromatic heterocycles. The summed E-state index contributed by atoms with van der Waals surface area (Å²) in [5.74, 6) is -0.955. The molecule has 0 aliphatic rings. The fourth-order valence-electron chi connectivity index (χ4n) is 4.73. The fraction of sp³-hybridized carbons (Fsp3) is 0.591. The fourth-order valence-corrected chi connectivity index (χ4v) is 5.50. The maximum atomic E-state index is 12.5. The molecular formula is C44H72NO8P. The normalized spacial score (nSPS) is 14.4. The summed E-state index contributed by atoms with van der Waals surface area (Å²) in [4.78, 5) is 34.8. The van der Waals surface area contributed by atoms with Crippen molar-refractivity contribution in [3.8, 4) is 0 Å². The molecule has 10 heteroatoms. The molecule has 9 nitrogen and oxygen atoms in total. The molecule has 0 aromatic rings. The van der Waals surface area contributed by atoms with Gasteiger partial charge < -0.3 is 20.1 Å². The van der Waals surface area contributed by atoms with Crippen LogP contribution < -0.4 is 5.73 Å². The van der Waals surface area contributed by atoms with Crippen LogP contribution in [0.15, 0.2) is 97.2 Å². The number of hydrogen-bond donors (Lipinski definition) is 2. The Morgan fingerprint density at radius 3 is 1.59 bits per heavy atom. The molecule has 0 bridgehead atoms. The van der Waals surface area contributed by atoms with E-state index in [0.717, 1.165) is 83.5 Å². The van der Waals surface area contributed by atoms with Gasteiger partial charge in [-0.2, -0.15) is 0 Å². The first-order valence-electron chi connectivity index (χ1n) is 20.2. The maximum absolute atomic E-state index is 12.5. The second-order valence-corrected chi connectivity index (χ2v) is 14.2. The molecule has 0 aliphatic heterocycles. The summed E-state index contributed by atoms with van der Waals surface area (Å²) in [6.45, 7) is 3.44. The summed E-state index contributed by atoms with van der Waals surface area (Å²) >= 11 is 0. The number of nitrogens with two attached hydrogens (primary N) is 1. The third-order valence-electron chi connectivity index (χ3n) is 7.72. The Kier molecular flexibility index (Phi) is 37.4. The van der Waals surface area contributed by atoms with Crippen LogP contribution in [-0.4, -0.2) is 49.3 Å². The summed E-state index contributed by atoms with van der Waals surface area (Å²) in [6, 6.07) is 0. The summed E-state index contributed by atoms with van der Waals surface area (Å²) < 4.78 is 32.6. The van der Waals surface area contributed by atoms with Crippen molar-refractivity contribution in [2.75, 3.05) is 26.4 Å². The minimum absolute atomic E-state index is 0.0359. The summed E-state index contributed by atoms with van der Waals surface area (Å²) in [5.41, 5.74) is 5.33. The van der Waals surface area contributed by atoms with Crippen molar-refractivity contribution in [1.29, 1.82) is 0 Å². The molecule has 2 atom stereocenters. The number of esters is 2. The van der Waals surface area contributed by atoms with Crippen molar-refractivity contribution in [2.24, 2.45) is 5.73 Å². The minimum Gasteiger partial charge on any atom is -0.462 e. The number of carbonyl (C=O) groups excluding carboxylic acids is 2. The number of allylic oxidation sites excluding steroid dienone is 16. The highest BCUT2D eigenvalue weighted by molar-refractivity contribution is 7.47. The van der Waals surface area contributed by atoms with E-state index in [-0.39, 0.29) is 32.6 Å². The van der Waals surface area contributed by atoms with Crippen LogP contribution in [0.4, 0.5) is 0 Å². The van der Waals surface area contributed by atoms with E-state index >= 15 is 0 Å². The monoisotopic (exact) mass is 773 g/mol. The highest BCUT2D eigenvalue weighted by atomic mass is 31.2. The molecule has 1 unspecified atom stereocenters. The van der Waals surface area contributed by atoms with Crippen LogP contribution >= 0.6 is 7.82 Å². The molecule has 0 radical (unpaired) electrons. The van der Waals surface area contributed by atoms with Crippen molar-refractivity contribution in [3.63, 3.8) is 0 Å². The SMILES string of the molecule is CC/C=C\C/C=C\C/C=C\C/C=C\C/C=C\C/C=C\CCC(=O)OC[C@H](COP(=O)(O)OCCN)OC(=O)CCCCCCC/C=C\C/C=C\CCCC. The molecule has 0 aliphatic carbocycles. The topological polar surface area (TPSA) is 134 Å². The van der Waals surface area contributed by atoms with Crippen LogP contribution in [0.1, 0.15) is 136 Å². The number of ether oxygens (including phenoxy) is 2. The number of carbonyl (C=O) groups is 2. The first-order valence-corrected chi connectivity index (χ1v) is 21.7.